The molecule has 132 valence electrons. The summed E-state index contributed by atoms with van der Waals surface area (Å²) < 4.78 is 0. The second-order valence-electron chi connectivity index (χ2n) is 6.73. The number of amides is 3. The van der Waals surface area contributed by atoms with Gasteiger partial charge >= 0.3 is 6.03 Å². The predicted octanol–water partition coefficient (Wildman–Crippen LogP) is 3.93. The number of carbonyl (C=O) groups excluding carboxylic acids is 2. The Morgan fingerprint density at radius 1 is 1.21 bits per heavy atom. The minimum Gasteiger partial charge on any atom is -0.331 e. The maximum Gasteiger partial charge on any atom is 0.317 e. The van der Waals surface area contributed by atoms with Gasteiger partial charge in [-0.1, -0.05) is 31.9 Å². The molecule has 0 heterocycles. The van der Waals surface area contributed by atoms with Crippen LogP contribution in [0.15, 0.2) is 24.3 Å². The number of benzene rings is 1. The number of rotatable bonds is 6. The summed E-state index contributed by atoms with van der Waals surface area (Å²) >= 11 is 0. The standard InChI is InChI=1S/C19H29N3O2/c1-4-18(23)21-17-11-9-16(10-12-17)14(2)20-19(24)22(3)13-15-7-5-6-8-15/h9-12,14-15H,4-8,13H2,1-3H3,(H,20,24)(H,21,23). The van der Waals surface area contributed by atoms with E-state index >= 15 is 0 Å². The van der Waals surface area contributed by atoms with Crippen LogP contribution in [0.3, 0.4) is 0 Å². The van der Waals surface area contributed by atoms with Gasteiger partial charge in [-0.2, -0.15) is 0 Å². The summed E-state index contributed by atoms with van der Waals surface area (Å²) in [5.41, 5.74) is 1.80. The van der Waals surface area contributed by atoms with Crippen molar-refractivity contribution in [3.05, 3.63) is 29.8 Å². The summed E-state index contributed by atoms with van der Waals surface area (Å²) in [6.07, 6.45) is 5.51. The zero-order valence-electron chi connectivity index (χ0n) is 15.0. The third-order valence-corrected chi connectivity index (χ3v) is 4.71. The zero-order chi connectivity index (χ0) is 17.5. The van der Waals surface area contributed by atoms with Crippen LogP contribution in [0.5, 0.6) is 0 Å². The maximum absolute atomic E-state index is 12.3. The van der Waals surface area contributed by atoms with Gasteiger partial charge in [0.1, 0.15) is 0 Å². The minimum absolute atomic E-state index is 0.00219. The molecule has 5 heteroatoms. The fourth-order valence-electron chi connectivity index (χ4n) is 3.15. The fraction of sp³-hybridized carbons (Fsp3) is 0.579. The summed E-state index contributed by atoms with van der Waals surface area (Å²) in [6.45, 7) is 4.63. The van der Waals surface area contributed by atoms with Crippen LogP contribution in [-0.4, -0.2) is 30.4 Å². The molecular formula is C19H29N3O2. The van der Waals surface area contributed by atoms with Gasteiger partial charge < -0.3 is 15.5 Å². The number of urea groups is 1. The van der Waals surface area contributed by atoms with E-state index in [0.717, 1.165) is 17.8 Å². The van der Waals surface area contributed by atoms with Crippen LogP contribution in [0.4, 0.5) is 10.5 Å². The first-order valence-electron chi connectivity index (χ1n) is 8.91. The lowest BCUT2D eigenvalue weighted by Gasteiger charge is -2.24. The Kier molecular flexibility index (Phi) is 6.64. The van der Waals surface area contributed by atoms with Gasteiger partial charge in [-0.3, -0.25) is 4.79 Å². The van der Waals surface area contributed by atoms with Crippen LogP contribution in [0.2, 0.25) is 0 Å². The first kappa shape index (κ1) is 18.3. The van der Waals surface area contributed by atoms with Gasteiger partial charge in [0.15, 0.2) is 0 Å². The lowest BCUT2D eigenvalue weighted by molar-refractivity contribution is -0.115. The van der Waals surface area contributed by atoms with Crippen molar-refractivity contribution >= 4 is 17.6 Å². The zero-order valence-corrected chi connectivity index (χ0v) is 15.0. The summed E-state index contributed by atoms with van der Waals surface area (Å²) in [4.78, 5) is 25.5. The lowest BCUT2D eigenvalue weighted by Crippen LogP contribution is -2.40. The molecule has 0 bridgehead atoms. The number of nitrogens with one attached hydrogen (secondary N) is 2. The molecule has 3 amide bonds. The van der Waals surface area contributed by atoms with Crippen molar-refractivity contribution in [2.24, 2.45) is 5.92 Å². The Morgan fingerprint density at radius 2 is 1.83 bits per heavy atom. The van der Waals surface area contributed by atoms with Crippen molar-refractivity contribution in [2.45, 2.75) is 52.0 Å². The molecule has 0 saturated heterocycles. The molecule has 1 aliphatic rings. The summed E-state index contributed by atoms with van der Waals surface area (Å²) in [6, 6.07) is 7.51. The van der Waals surface area contributed by atoms with E-state index in [-0.39, 0.29) is 18.0 Å². The van der Waals surface area contributed by atoms with Crippen molar-refractivity contribution in [1.29, 1.82) is 0 Å². The van der Waals surface area contributed by atoms with Crippen LogP contribution in [0.25, 0.3) is 0 Å². The fourth-order valence-corrected chi connectivity index (χ4v) is 3.15. The minimum atomic E-state index is -0.0699. The molecular weight excluding hydrogens is 302 g/mol. The molecule has 24 heavy (non-hydrogen) atoms. The first-order chi connectivity index (χ1) is 11.5. The third kappa shape index (κ3) is 5.25. The van der Waals surface area contributed by atoms with E-state index in [2.05, 4.69) is 10.6 Å². The molecule has 1 fully saturated rings. The highest BCUT2D eigenvalue weighted by atomic mass is 16.2. The normalized spacial score (nSPS) is 15.8. The number of hydrogen-bond acceptors (Lipinski definition) is 2. The van der Waals surface area contributed by atoms with E-state index in [1.165, 1.54) is 25.7 Å². The molecule has 1 aliphatic carbocycles. The van der Waals surface area contributed by atoms with Gasteiger partial charge in [0.2, 0.25) is 5.91 Å². The van der Waals surface area contributed by atoms with Gasteiger partial charge in [-0.15, -0.1) is 0 Å². The molecule has 1 unspecified atom stereocenters. The SMILES string of the molecule is CCC(=O)Nc1ccc(C(C)NC(=O)N(C)CC2CCCC2)cc1. The van der Waals surface area contributed by atoms with Crippen molar-refractivity contribution in [3.63, 3.8) is 0 Å². The molecule has 2 N–H and O–H groups in total. The van der Waals surface area contributed by atoms with Crippen molar-refractivity contribution in [1.82, 2.24) is 10.2 Å². The van der Waals surface area contributed by atoms with Crippen LogP contribution >= 0.6 is 0 Å². The van der Waals surface area contributed by atoms with E-state index in [4.69, 9.17) is 0 Å². The number of anilines is 1. The smallest absolute Gasteiger partial charge is 0.317 e. The van der Waals surface area contributed by atoms with Crippen LogP contribution in [0.1, 0.15) is 57.6 Å². The van der Waals surface area contributed by atoms with Crippen molar-refractivity contribution in [3.8, 4) is 0 Å². The average molecular weight is 331 g/mol. The molecule has 5 nitrogen and oxygen atoms in total. The Balaban J connectivity index is 1.85. The topological polar surface area (TPSA) is 61.4 Å². The molecule has 0 spiro atoms. The Morgan fingerprint density at radius 3 is 2.42 bits per heavy atom. The van der Waals surface area contributed by atoms with Crippen molar-refractivity contribution < 1.29 is 9.59 Å². The molecule has 1 aromatic rings. The van der Waals surface area contributed by atoms with Crippen LogP contribution in [0, 0.1) is 5.92 Å². The second-order valence-corrected chi connectivity index (χ2v) is 6.73. The Hall–Kier alpha value is -2.04. The van der Waals surface area contributed by atoms with Gasteiger partial charge in [-0.25, -0.2) is 4.79 Å². The number of nitrogens with zero attached hydrogens (tertiary/aromatic N) is 1. The van der Waals surface area contributed by atoms with E-state index in [1.807, 2.05) is 45.2 Å². The summed E-state index contributed by atoms with van der Waals surface area (Å²) in [5, 5.41) is 5.86. The molecule has 1 saturated carbocycles. The lowest BCUT2D eigenvalue weighted by atomic mass is 10.1. The monoisotopic (exact) mass is 331 g/mol. The van der Waals surface area contributed by atoms with Gasteiger partial charge in [0, 0.05) is 25.7 Å². The summed E-state index contributed by atoms with van der Waals surface area (Å²) in [7, 11) is 1.86. The average Bonchev–Trinajstić information content (AvgIpc) is 3.08. The second kappa shape index (κ2) is 8.71. The maximum atomic E-state index is 12.3. The molecule has 1 atom stereocenters. The van der Waals surface area contributed by atoms with Gasteiger partial charge in [-0.05, 0) is 43.4 Å². The number of hydrogen-bond donors (Lipinski definition) is 2. The highest BCUT2D eigenvalue weighted by Gasteiger charge is 2.20. The summed E-state index contributed by atoms with van der Waals surface area (Å²) in [5.74, 6) is 0.648. The van der Waals surface area contributed by atoms with E-state index in [9.17, 15) is 9.59 Å². The Labute approximate surface area is 144 Å². The largest absolute Gasteiger partial charge is 0.331 e. The van der Waals surface area contributed by atoms with Crippen LogP contribution in [-0.2, 0) is 4.79 Å². The van der Waals surface area contributed by atoms with Gasteiger partial charge in [0.05, 0.1) is 6.04 Å². The molecule has 0 aromatic heterocycles. The molecule has 2 rings (SSSR count). The quantitative estimate of drug-likeness (QED) is 0.830. The highest BCUT2D eigenvalue weighted by molar-refractivity contribution is 5.90. The van der Waals surface area contributed by atoms with E-state index < -0.39 is 0 Å². The highest BCUT2D eigenvalue weighted by Crippen LogP contribution is 2.25. The van der Waals surface area contributed by atoms with E-state index in [0.29, 0.717) is 12.3 Å². The van der Waals surface area contributed by atoms with Crippen molar-refractivity contribution in [2.75, 3.05) is 18.9 Å². The first-order valence-corrected chi connectivity index (χ1v) is 8.91. The van der Waals surface area contributed by atoms with Gasteiger partial charge in [0.25, 0.3) is 0 Å². The van der Waals surface area contributed by atoms with Crippen LogP contribution < -0.4 is 10.6 Å². The molecule has 0 radical (unpaired) electrons. The van der Waals surface area contributed by atoms with E-state index in [1.54, 1.807) is 4.90 Å². The predicted molar refractivity (Wildman–Crippen MR) is 96.9 cm³/mol. The number of carbonyl (C=O) groups is 2. The molecule has 1 aromatic carbocycles. The Bertz CT molecular complexity index is 550. The third-order valence-electron chi connectivity index (χ3n) is 4.71. The molecule has 0 aliphatic heterocycles.